The van der Waals surface area contributed by atoms with Crippen molar-refractivity contribution in [1.82, 2.24) is 0 Å². The van der Waals surface area contributed by atoms with Gasteiger partial charge < -0.3 is 9.84 Å². The molecule has 96 valence electrons. The highest BCUT2D eigenvalue weighted by molar-refractivity contribution is 5.34. The maximum Gasteiger partial charge on any atom is 0.171 e. The number of aliphatic hydroxyl groups is 1. The zero-order chi connectivity index (χ0) is 12.9. The average molecular weight is 240 g/mol. The van der Waals surface area contributed by atoms with E-state index >= 15 is 0 Å². The zero-order valence-corrected chi connectivity index (χ0v) is 10.8. The lowest BCUT2D eigenvalue weighted by molar-refractivity contribution is 0.0408. The molecular formula is C14H21FO2. The molecule has 0 aliphatic rings. The molecule has 1 aromatic carbocycles. The molecule has 0 aliphatic carbocycles. The number of hydrogen-bond donors (Lipinski definition) is 1. The van der Waals surface area contributed by atoms with Crippen molar-refractivity contribution in [1.29, 1.82) is 0 Å². The fraction of sp³-hybridized carbons (Fsp3) is 0.571. The lowest BCUT2D eigenvalue weighted by Gasteiger charge is -2.25. The van der Waals surface area contributed by atoms with E-state index in [2.05, 4.69) is 6.92 Å². The van der Waals surface area contributed by atoms with Gasteiger partial charge in [0.1, 0.15) is 0 Å². The maximum atomic E-state index is 14.0. The Kier molecular flexibility index (Phi) is 4.94. The second-order valence-electron chi connectivity index (χ2n) is 4.55. The van der Waals surface area contributed by atoms with Crippen molar-refractivity contribution in [3.05, 3.63) is 29.6 Å². The molecule has 0 aliphatic heterocycles. The third kappa shape index (κ3) is 3.43. The van der Waals surface area contributed by atoms with E-state index in [0.717, 1.165) is 19.3 Å². The summed E-state index contributed by atoms with van der Waals surface area (Å²) in [5, 5.41) is 10.3. The molecule has 1 aromatic rings. The summed E-state index contributed by atoms with van der Waals surface area (Å²) in [6.07, 6.45) is 3.57. The summed E-state index contributed by atoms with van der Waals surface area (Å²) < 4.78 is 18.9. The molecule has 0 fully saturated rings. The van der Waals surface area contributed by atoms with Gasteiger partial charge in [-0.2, -0.15) is 0 Å². The van der Waals surface area contributed by atoms with Gasteiger partial charge in [0.25, 0.3) is 0 Å². The number of methoxy groups -OCH3 is 1. The minimum absolute atomic E-state index is 0.179. The Morgan fingerprint density at radius 3 is 2.65 bits per heavy atom. The van der Waals surface area contributed by atoms with Crippen LogP contribution in [0.25, 0.3) is 0 Å². The number of unbranched alkanes of at least 4 members (excludes halogenated alkanes) is 2. The van der Waals surface area contributed by atoms with E-state index in [4.69, 9.17) is 4.74 Å². The molecule has 1 atom stereocenters. The van der Waals surface area contributed by atoms with Crippen molar-refractivity contribution in [2.45, 2.75) is 45.1 Å². The van der Waals surface area contributed by atoms with Gasteiger partial charge in [0, 0.05) is 5.56 Å². The number of hydrogen-bond acceptors (Lipinski definition) is 2. The highest BCUT2D eigenvalue weighted by Gasteiger charge is 2.27. The predicted octanol–water partition coefficient (Wildman–Crippen LogP) is 3.62. The SMILES string of the molecule is CCCCCC(C)(O)c1cccc(OC)c1F. The van der Waals surface area contributed by atoms with Crippen LogP contribution in [-0.2, 0) is 5.60 Å². The Labute approximate surface area is 102 Å². The van der Waals surface area contributed by atoms with Gasteiger partial charge in [0.2, 0.25) is 0 Å². The first kappa shape index (κ1) is 14.0. The fourth-order valence-electron chi connectivity index (χ4n) is 1.94. The van der Waals surface area contributed by atoms with E-state index in [1.807, 2.05) is 0 Å². The van der Waals surface area contributed by atoms with Gasteiger partial charge in [0.15, 0.2) is 11.6 Å². The molecule has 1 rings (SSSR count). The molecule has 0 bridgehead atoms. The van der Waals surface area contributed by atoms with Crippen LogP contribution >= 0.6 is 0 Å². The molecule has 17 heavy (non-hydrogen) atoms. The minimum atomic E-state index is -1.13. The highest BCUT2D eigenvalue weighted by atomic mass is 19.1. The number of halogens is 1. The summed E-state index contributed by atoms with van der Waals surface area (Å²) in [5.41, 5.74) is -0.818. The van der Waals surface area contributed by atoms with Crippen LogP contribution in [0.15, 0.2) is 18.2 Å². The van der Waals surface area contributed by atoms with E-state index in [1.165, 1.54) is 7.11 Å². The number of rotatable bonds is 6. The second kappa shape index (κ2) is 6.01. The number of ether oxygens (including phenoxy) is 1. The van der Waals surface area contributed by atoms with Gasteiger partial charge in [-0.1, -0.05) is 38.3 Å². The average Bonchev–Trinajstić information content (AvgIpc) is 2.29. The molecule has 3 heteroatoms. The maximum absolute atomic E-state index is 14.0. The van der Waals surface area contributed by atoms with E-state index in [1.54, 1.807) is 25.1 Å². The monoisotopic (exact) mass is 240 g/mol. The van der Waals surface area contributed by atoms with Crippen LogP contribution in [0.4, 0.5) is 4.39 Å². The minimum Gasteiger partial charge on any atom is -0.494 e. The lowest BCUT2D eigenvalue weighted by Crippen LogP contribution is -2.22. The smallest absolute Gasteiger partial charge is 0.171 e. The lowest BCUT2D eigenvalue weighted by atomic mass is 9.89. The third-order valence-corrected chi connectivity index (χ3v) is 3.03. The quantitative estimate of drug-likeness (QED) is 0.769. The third-order valence-electron chi connectivity index (χ3n) is 3.03. The van der Waals surface area contributed by atoms with Gasteiger partial charge >= 0.3 is 0 Å². The van der Waals surface area contributed by atoms with Crippen molar-refractivity contribution in [2.75, 3.05) is 7.11 Å². The molecule has 1 unspecified atom stereocenters. The van der Waals surface area contributed by atoms with Gasteiger partial charge in [-0.05, 0) is 19.4 Å². The zero-order valence-electron chi connectivity index (χ0n) is 10.8. The topological polar surface area (TPSA) is 29.5 Å². The first-order valence-corrected chi connectivity index (χ1v) is 6.08. The van der Waals surface area contributed by atoms with Crippen LogP contribution < -0.4 is 4.74 Å². The van der Waals surface area contributed by atoms with Crippen molar-refractivity contribution in [3.63, 3.8) is 0 Å². The van der Waals surface area contributed by atoms with Gasteiger partial charge in [-0.25, -0.2) is 4.39 Å². The molecule has 0 aromatic heterocycles. The summed E-state index contributed by atoms with van der Waals surface area (Å²) in [6.45, 7) is 3.75. The van der Waals surface area contributed by atoms with Crippen LogP contribution in [0, 0.1) is 5.82 Å². The first-order valence-electron chi connectivity index (χ1n) is 6.08. The molecule has 1 N–H and O–H groups in total. The van der Waals surface area contributed by atoms with Crippen molar-refractivity contribution < 1.29 is 14.2 Å². The van der Waals surface area contributed by atoms with Crippen LogP contribution in [-0.4, -0.2) is 12.2 Å². The summed E-state index contributed by atoms with van der Waals surface area (Å²) in [6, 6.07) is 4.87. The largest absolute Gasteiger partial charge is 0.494 e. The molecule has 2 nitrogen and oxygen atoms in total. The van der Waals surface area contributed by atoms with E-state index in [9.17, 15) is 9.50 Å². The Morgan fingerprint density at radius 1 is 1.35 bits per heavy atom. The normalized spacial score (nSPS) is 14.4. The molecule has 0 amide bonds. The molecule has 0 spiro atoms. The van der Waals surface area contributed by atoms with Gasteiger partial charge in [0.05, 0.1) is 12.7 Å². The molecule has 0 heterocycles. The van der Waals surface area contributed by atoms with Crippen LogP contribution in [0.3, 0.4) is 0 Å². The molecule has 0 radical (unpaired) electrons. The Morgan fingerprint density at radius 2 is 2.06 bits per heavy atom. The van der Waals surface area contributed by atoms with E-state index < -0.39 is 11.4 Å². The number of benzene rings is 1. The van der Waals surface area contributed by atoms with Gasteiger partial charge in [-0.3, -0.25) is 0 Å². The standard InChI is InChI=1S/C14H21FO2/c1-4-5-6-10-14(2,16)11-8-7-9-12(17-3)13(11)15/h7-9,16H,4-6,10H2,1-3H3. The van der Waals surface area contributed by atoms with E-state index in [0.29, 0.717) is 12.0 Å². The van der Waals surface area contributed by atoms with Crippen LogP contribution in [0.5, 0.6) is 5.75 Å². The highest BCUT2D eigenvalue weighted by Crippen LogP contribution is 2.32. The second-order valence-corrected chi connectivity index (χ2v) is 4.55. The summed E-state index contributed by atoms with van der Waals surface area (Å²) in [7, 11) is 1.42. The van der Waals surface area contributed by atoms with Crippen molar-refractivity contribution in [2.24, 2.45) is 0 Å². The Hall–Kier alpha value is -1.09. The van der Waals surface area contributed by atoms with Crippen molar-refractivity contribution in [3.8, 4) is 5.75 Å². The van der Waals surface area contributed by atoms with Crippen molar-refractivity contribution >= 4 is 0 Å². The molecule has 0 saturated heterocycles. The van der Waals surface area contributed by atoms with Gasteiger partial charge in [-0.15, -0.1) is 0 Å². The fourth-order valence-corrected chi connectivity index (χ4v) is 1.94. The van der Waals surface area contributed by atoms with Crippen LogP contribution in [0.2, 0.25) is 0 Å². The summed E-state index contributed by atoms with van der Waals surface area (Å²) >= 11 is 0. The molecular weight excluding hydrogens is 219 g/mol. The Bertz CT molecular complexity index is 361. The predicted molar refractivity (Wildman–Crippen MR) is 66.7 cm³/mol. The summed E-state index contributed by atoms with van der Waals surface area (Å²) in [5.74, 6) is -0.283. The van der Waals surface area contributed by atoms with E-state index in [-0.39, 0.29) is 5.75 Å². The first-order chi connectivity index (χ1) is 8.03. The molecule has 0 saturated carbocycles. The Balaban J connectivity index is 2.89. The summed E-state index contributed by atoms with van der Waals surface area (Å²) in [4.78, 5) is 0. The van der Waals surface area contributed by atoms with Crippen LogP contribution in [0.1, 0.15) is 45.1 Å².